The van der Waals surface area contributed by atoms with Gasteiger partial charge in [0.2, 0.25) is 0 Å². The van der Waals surface area contributed by atoms with Crippen LogP contribution in [0.25, 0.3) is 0 Å². The highest BCUT2D eigenvalue weighted by Gasteiger charge is 2.39. The van der Waals surface area contributed by atoms with Crippen LogP contribution in [0.5, 0.6) is 0 Å². The van der Waals surface area contributed by atoms with E-state index < -0.39 is 0 Å². The number of hydrogen-bond donors (Lipinski definition) is 0. The quantitative estimate of drug-likeness (QED) is 0.416. The van der Waals surface area contributed by atoms with Crippen LogP contribution in [0.1, 0.15) is 76.8 Å². The Bertz CT molecular complexity index is 474. The molecule has 0 spiro atoms. The molecular weight excluding hydrogens is 298 g/mol. The van der Waals surface area contributed by atoms with Crippen LogP contribution in [0.15, 0.2) is 30.3 Å². The van der Waals surface area contributed by atoms with Gasteiger partial charge in [-0.05, 0) is 24.8 Å². The average molecular weight is 332 g/mol. The first kappa shape index (κ1) is 19.0. The van der Waals surface area contributed by atoms with E-state index in [0.717, 1.165) is 25.8 Å². The van der Waals surface area contributed by atoms with Crippen molar-refractivity contribution in [3.05, 3.63) is 35.9 Å². The van der Waals surface area contributed by atoms with Gasteiger partial charge in [-0.3, -0.25) is 9.69 Å². The van der Waals surface area contributed by atoms with Crippen molar-refractivity contribution in [1.82, 2.24) is 4.90 Å². The molecule has 0 aromatic heterocycles. The number of unbranched alkanes of at least 4 members (excludes halogenated alkanes) is 5. The van der Waals surface area contributed by atoms with Crippen molar-refractivity contribution in [3.63, 3.8) is 0 Å². The van der Waals surface area contributed by atoms with Gasteiger partial charge in [0.15, 0.2) is 0 Å². The maximum Gasteiger partial charge on any atom is 0.323 e. The van der Waals surface area contributed by atoms with Crippen LogP contribution in [0, 0.1) is 0 Å². The van der Waals surface area contributed by atoms with E-state index in [1.54, 1.807) is 0 Å². The van der Waals surface area contributed by atoms with E-state index in [2.05, 4.69) is 43.0 Å². The Labute approximate surface area is 147 Å². The van der Waals surface area contributed by atoms with Crippen LogP contribution < -0.4 is 0 Å². The van der Waals surface area contributed by atoms with Crippen LogP contribution in [0.4, 0.5) is 0 Å². The van der Waals surface area contributed by atoms with Gasteiger partial charge in [-0.2, -0.15) is 0 Å². The number of rotatable bonds is 11. The second kappa shape index (κ2) is 10.5. The highest BCUT2D eigenvalue weighted by atomic mass is 16.5. The molecule has 1 heterocycles. The van der Waals surface area contributed by atoms with Gasteiger partial charge < -0.3 is 4.74 Å². The average Bonchev–Trinajstić information content (AvgIpc) is 2.58. The zero-order valence-electron chi connectivity index (χ0n) is 15.4. The van der Waals surface area contributed by atoms with E-state index in [4.69, 9.17) is 4.74 Å². The van der Waals surface area contributed by atoms with Crippen molar-refractivity contribution in [2.45, 2.75) is 77.3 Å². The smallest absolute Gasteiger partial charge is 0.323 e. The maximum atomic E-state index is 12.4. The molecule has 0 bridgehead atoms. The Morgan fingerprint density at radius 1 is 1.12 bits per heavy atom. The van der Waals surface area contributed by atoms with Gasteiger partial charge >= 0.3 is 5.97 Å². The minimum atomic E-state index is -0.0461. The Hall–Kier alpha value is -1.35. The lowest BCUT2D eigenvalue weighted by Crippen LogP contribution is -2.54. The molecule has 0 aliphatic carbocycles. The molecule has 3 heteroatoms. The van der Waals surface area contributed by atoms with Crippen molar-refractivity contribution < 1.29 is 9.53 Å². The standard InChI is InChI=1S/C21H33NO2/c1-3-5-6-7-8-12-17-24-21(23)20-15-16-22(20)19(4-2)18-13-10-9-11-14-18/h9-11,13-14,19-20H,3-8,12,15-17H2,1-2H3. The van der Waals surface area contributed by atoms with E-state index in [1.165, 1.54) is 37.7 Å². The number of likely N-dealkylation sites (tertiary alicyclic amines) is 1. The van der Waals surface area contributed by atoms with E-state index in [0.29, 0.717) is 12.6 Å². The molecule has 2 atom stereocenters. The second-order valence-electron chi connectivity index (χ2n) is 6.81. The van der Waals surface area contributed by atoms with Gasteiger partial charge in [0, 0.05) is 12.6 Å². The van der Waals surface area contributed by atoms with E-state index >= 15 is 0 Å². The molecule has 3 nitrogen and oxygen atoms in total. The predicted octanol–water partition coefficient (Wildman–Crippen LogP) is 5.12. The van der Waals surface area contributed by atoms with Gasteiger partial charge in [-0.25, -0.2) is 0 Å². The van der Waals surface area contributed by atoms with Gasteiger partial charge in [0.05, 0.1) is 6.61 Å². The highest BCUT2D eigenvalue weighted by molar-refractivity contribution is 5.77. The molecule has 0 N–H and O–H groups in total. The molecule has 1 aliphatic heterocycles. The second-order valence-corrected chi connectivity index (χ2v) is 6.81. The zero-order chi connectivity index (χ0) is 17.2. The fourth-order valence-electron chi connectivity index (χ4n) is 3.52. The molecule has 1 saturated heterocycles. The molecule has 1 fully saturated rings. The van der Waals surface area contributed by atoms with Crippen LogP contribution in [-0.2, 0) is 9.53 Å². The van der Waals surface area contributed by atoms with Crippen molar-refractivity contribution in [2.24, 2.45) is 0 Å². The van der Waals surface area contributed by atoms with E-state index in [9.17, 15) is 4.79 Å². The van der Waals surface area contributed by atoms with Crippen molar-refractivity contribution in [1.29, 1.82) is 0 Å². The summed E-state index contributed by atoms with van der Waals surface area (Å²) in [4.78, 5) is 14.7. The van der Waals surface area contributed by atoms with Crippen LogP contribution >= 0.6 is 0 Å². The minimum absolute atomic E-state index is 0.0239. The Kier molecular flexibility index (Phi) is 8.31. The van der Waals surface area contributed by atoms with Crippen molar-refractivity contribution >= 4 is 5.97 Å². The summed E-state index contributed by atoms with van der Waals surface area (Å²) < 4.78 is 5.53. The first-order chi connectivity index (χ1) is 11.8. The monoisotopic (exact) mass is 331 g/mol. The van der Waals surface area contributed by atoms with Gasteiger partial charge in [-0.1, -0.05) is 76.3 Å². The number of ether oxygens (including phenoxy) is 1. The van der Waals surface area contributed by atoms with Crippen molar-refractivity contribution in [2.75, 3.05) is 13.2 Å². The number of carbonyl (C=O) groups is 1. The molecule has 2 unspecified atom stereocenters. The molecule has 0 radical (unpaired) electrons. The molecule has 1 aromatic carbocycles. The van der Waals surface area contributed by atoms with Crippen LogP contribution in [0.2, 0.25) is 0 Å². The molecule has 1 aliphatic rings. The van der Waals surface area contributed by atoms with Crippen LogP contribution in [0.3, 0.4) is 0 Å². The summed E-state index contributed by atoms with van der Waals surface area (Å²) in [6.45, 7) is 5.99. The summed E-state index contributed by atoms with van der Waals surface area (Å²) in [5, 5.41) is 0. The third-order valence-electron chi connectivity index (χ3n) is 5.05. The number of benzene rings is 1. The molecule has 2 rings (SSSR count). The summed E-state index contributed by atoms with van der Waals surface area (Å²) in [6, 6.07) is 10.8. The number of esters is 1. The molecule has 0 amide bonds. The largest absolute Gasteiger partial charge is 0.465 e. The number of nitrogens with zero attached hydrogens (tertiary/aromatic N) is 1. The first-order valence-electron chi connectivity index (χ1n) is 9.75. The summed E-state index contributed by atoms with van der Waals surface area (Å²) in [6.07, 6.45) is 9.26. The maximum absolute atomic E-state index is 12.4. The zero-order valence-corrected chi connectivity index (χ0v) is 15.4. The van der Waals surface area contributed by atoms with Crippen LogP contribution in [-0.4, -0.2) is 30.1 Å². The summed E-state index contributed by atoms with van der Waals surface area (Å²) >= 11 is 0. The Morgan fingerprint density at radius 3 is 2.46 bits per heavy atom. The third-order valence-corrected chi connectivity index (χ3v) is 5.05. The third kappa shape index (κ3) is 5.34. The highest BCUT2D eigenvalue weighted by Crippen LogP contribution is 2.33. The fourth-order valence-corrected chi connectivity index (χ4v) is 3.52. The molecule has 24 heavy (non-hydrogen) atoms. The Morgan fingerprint density at radius 2 is 1.83 bits per heavy atom. The Balaban J connectivity index is 1.73. The molecule has 1 aromatic rings. The summed E-state index contributed by atoms with van der Waals surface area (Å²) in [5.74, 6) is -0.0239. The first-order valence-corrected chi connectivity index (χ1v) is 9.75. The lowest BCUT2D eigenvalue weighted by Gasteiger charge is -2.44. The SMILES string of the molecule is CCCCCCCCOC(=O)C1CCN1C(CC)c1ccccc1. The normalized spacial score (nSPS) is 18.8. The predicted molar refractivity (Wildman–Crippen MR) is 98.9 cm³/mol. The molecule has 0 saturated carbocycles. The lowest BCUT2D eigenvalue weighted by atomic mass is 9.94. The number of hydrogen-bond acceptors (Lipinski definition) is 3. The van der Waals surface area contributed by atoms with E-state index in [-0.39, 0.29) is 12.0 Å². The van der Waals surface area contributed by atoms with E-state index in [1.807, 2.05) is 6.07 Å². The van der Waals surface area contributed by atoms with Gasteiger partial charge in [-0.15, -0.1) is 0 Å². The minimum Gasteiger partial charge on any atom is -0.465 e. The summed E-state index contributed by atoms with van der Waals surface area (Å²) in [5.41, 5.74) is 1.30. The molecular formula is C21H33NO2. The summed E-state index contributed by atoms with van der Waals surface area (Å²) in [7, 11) is 0. The van der Waals surface area contributed by atoms with Gasteiger partial charge in [0.1, 0.15) is 6.04 Å². The van der Waals surface area contributed by atoms with Gasteiger partial charge in [0.25, 0.3) is 0 Å². The number of carbonyl (C=O) groups excluding carboxylic acids is 1. The topological polar surface area (TPSA) is 29.5 Å². The van der Waals surface area contributed by atoms with Crippen molar-refractivity contribution in [3.8, 4) is 0 Å². The lowest BCUT2D eigenvalue weighted by molar-refractivity contribution is -0.157. The molecule has 134 valence electrons. The fraction of sp³-hybridized carbons (Fsp3) is 0.667.